The normalized spacial score (nSPS) is 28.6. The number of nitrogens with one attached hydrogen (secondary N) is 1. The van der Waals surface area contributed by atoms with E-state index in [-0.39, 0.29) is 5.60 Å². The quantitative estimate of drug-likeness (QED) is 0.532. The Morgan fingerprint density at radius 1 is 1.25 bits per heavy atom. The van der Waals surface area contributed by atoms with Gasteiger partial charge in [-0.15, -0.1) is 0 Å². The van der Waals surface area contributed by atoms with Crippen LogP contribution >= 0.6 is 0 Å². The minimum Gasteiger partial charge on any atom is -0.375 e. The second kappa shape index (κ2) is 7.61. The van der Waals surface area contributed by atoms with Gasteiger partial charge in [-0.1, -0.05) is 32.9 Å². The highest BCUT2D eigenvalue weighted by Gasteiger charge is 2.38. The first kappa shape index (κ1) is 16.0. The summed E-state index contributed by atoms with van der Waals surface area (Å²) < 4.78 is 6.41. The van der Waals surface area contributed by atoms with Gasteiger partial charge in [0, 0.05) is 0 Å². The maximum Gasteiger partial charge on any atom is 0.0694 e. The second-order valence-corrected chi connectivity index (χ2v) is 7.38. The summed E-state index contributed by atoms with van der Waals surface area (Å²) in [5, 5.41) is 3.56. The Morgan fingerprint density at radius 2 is 2.00 bits per heavy atom. The Labute approximate surface area is 125 Å². The van der Waals surface area contributed by atoms with Crippen LogP contribution in [0.15, 0.2) is 12.2 Å². The van der Waals surface area contributed by atoms with Crippen molar-refractivity contribution in [1.82, 2.24) is 5.32 Å². The molecule has 0 aromatic rings. The molecule has 2 aliphatic carbocycles. The van der Waals surface area contributed by atoms with Crippen LogP contribution in [-0.2, 0) is 4.74 Å². The highest BCUT2D eigenvalue weighted by molar-refractivity contribution is 4.95. The molecule has 0 amide bonds. The fourth-order valence-corrected chi connectivity index (χ4v) is 3.27. The lowest BCUT2D eigenvalue weighted by Gasteiger charge is -2.43. The largest absolute Gasteiger partial charge is 0.375 e. The fraction of sp³-hybridized carbons (Fsp3) is 0.889. The van der Waals surface area contributed by atoms with Gasteiger partial charge in [-0.25, -0.2) is 0 Å². The topological polar surface area (TPSA) is 21.3 Å². The minimum atomic E-state index is 0.213. The molecule has 0 aliphatic heterocycles. The van der Waals surface area contributed by atoms with Gasteiger partial charge < -0.3 is 10.1 Å². The van der Waals surface area contributed by atoms with Crippen molar-refractivity contribution in [3.05, 3.63) is 12.2 Å². The van der Waals surface area contributed by atoms with Gasteiger partial charge in [-0.2, -0.15) is 0 Å². The lowest BCUT2D eigenvalue weighted by atomic mass is 9.77. The van der Waals surface area contributed by atoms with Crippen LogP contribution in [-0.4, -0.2) is 25.3 Å². The number of rotatable bonds is 8. The molecular weight excluding hydrogens is 246 g/mol. The van der Waals surface area contributed by atoms with E-state index in [0.717, 1.165) is 37.5 Å². The summed E-state index contributed by atoms with van der Waals surface area (Å²) in [7, 11) is 0. The molecule has 2 rings (SSSR count). The van der Waals surface area contributed by atoms with Gasteiger partial charge in [0.2, 0.25) is 0 Å². The number of allylic oxidation sites excluding steroid dienone is 2. The zero-order valence-corrected chi connectivity index (χ0v) is 13.7. The van der Waals surface area contributed by atoms with E-state index in [2.05, 4.69) is 38.2 Å². The molecule has 0 bridgehead atoms. The molecule has 1 saturated carbocycles. The van der Waals surface area contributed by atoms with Gasteiger partial charge in [0.1, 0.15) is 0 Å². The first-order chi connectivity index (χ1) is 9.61. The van der Waals surface area contributed by atoms with Crippen molar-refractivity contribution in [2.75, 3.05) is 19.7 Å². The minimum absolute atomic E-state index is 0.213. The monoisotopic (exact) mass is 279 g/mol. The summed E-state index contributed by atoms with van der Waals surface area (Å²) in [6.45, 7) is 10.1. The molecule has 0 heterocycles. The molecule has 0 spiro atoms. The third-order valence-corrected chi connectivity index (χ3v) is 5.10. The van der Waals surface area contributed by atoms with Crippen LogP contribution in [0.5, 0.6) is 0 Å². The zero-order valence-electron chi connectivity index (χ0n) is 13.7. The van der Waals surface area contributed by atoms with E-state index in [4.69, 9.17) is 4.74 Å². The van der Waals surface area contributed by atoms with Crippen LogP contribution in [0.3, 0.4) is 0 Å². The Hall–Kier alpha value is -0.340. The molecule has 2 atom stereocenters. The smallest absolute Gasteiger partial charge is 0.0694 e. The van der Waals surface area contributed by atoms with Gasteiger partial charge >= 0.3 is 0 Å². The fourth-order valence-electron chi connectivity index (χ4n) is 3.27. The average molecular weight is 279 g/mol. The number of hydrogen-bond acceptors (Lipinski definition) is 2. The number of hydrogen-bond donors (Lipinski definition) is 1. The van der Waals surface area contributed by atoms with Crippen LogP contribution in [0.2, 0.25) is 0 Å². The standard InChI is InChI=1S/C18H33NO/c1-15(2)13-19-12-11-18(9-6-10-18)20-14-17-8-5-4-7-16(17)3/h4-5,15-17,19H,6-14H2,1-3H3. The first-order valence-electron chi connectivity index (χ1n) is 8.61. The molecule has 0 aromatic heterocycles. The molecule has 2 nitrogen and oxygen atoms in total. The maximum absolute atomic E-state index is 6.41. The van der Waals surface area contributed by atoms with Crippen molar-refractivity contribution in [2.24, 2.45) is 17.8 Å². The molecule has 20 heavy (non-hydrogen) atoms. The Morgan fingerprint density at radius 3 is 2.60 bits per heavy atom. The lowest BCUT2D eigenvalue weighted by Crippen LogP contribution is -2.44. The summed E-state index contributed by atoms with van der Waals surface area (Å²) in [4.78, 5) is 0. The third kappa shape index (κ3) is 4.60. The highest BCUT2D eigenvalue weighted by Crippen LogP contribution is 2.39. The zero-order chi connectivity index (χ0) is 14.4. The predicted molar refractivity (Wildman–Crippen MR) is 85.9 cm³/mol. The van der Waals surface area contributed by atoms with Gasteiger partial charge in [0.25, 0.3) is 0 Å². The van der Waals surface area contributed by atoms with Gasteiger partial charge in [0.15, 0.2) is 0 Å². The van der Waals surface area contributed by atoms with Gasteiger partial charge in [-0.3, -0.25) is 0 Å². The number of ether oxygens (including phenoxy) is 1. The van der Waals surface area contributed by atoms with Crippen molar-refractivity contribution < 1.29 is 4.74 Å². The van der Waals surface area contributed by atoms with Crippen LogP contribution in [0, 0.1) is 17.8 Å². The van der Waals surface area contributed by atoms with E-state index in [1.54, 1.807) is 0 Å². The molecule has 2 heteroatoms. The second-order valence-electron chi connectivity index (χ2n) is 7.38. The maximum atomic E-state index is 6.41. The predicted octanol–water partition coefficient (Wildman–Crippen LogP) is 4.16. The highest BCUT2D eigenvalue weighted by atomic mass is 16.5. The van der Waals surface area contributed by atoms with E-state index in [1.807, 2.05) is 0 Å². The van der Waals surface area contributed by atoms with Crippen molar-refractivity contribution in [3.8, 4) is 0 Å². The van der Waals surface area contributed by atoms with Crippen molar-refractivity contribution in [1.29, 1.82) is 0 Å². The molecule has 0 saturated heterocycles. The van der Waals surface area contributed by atoms with Crippen LogP contribution in [0.1, 0.15) is 59.3 Å². The molecule has 0 radical (unpaired) electrons. The molecule has 116 valence electrons. The SMILES string of the molecule is CC(C)CNCCC1(OCC2CC=CCC2C)CCC1. The summed E-state index contributed by atoms with van der Waals surface area (Å²) >= 11 is 0. The Balaban J connectivity index is 1.69. The summed E-state index contributed by atoms with van der Waals surface area (Å²) in [6, 6.07) is 0. The van der Waals surface area contributed by atoms with Crippen molar-refractivity contribution >= 4 is 0 Å². The van der Waals surface area contributed by atoms with Crippen LogP contribution in [0.25, 0.3) is 0 Å². The van der Waals surface area contributed by atoms with Crippen LogP contribution in [0.4, 0.5) is 0 Å². The van der Waals surface area contributed by atoms with Gasteiger partial charge in [0.05, 0.1) is 12.2 Å². The molecule has 1 fully saturated rings. The van der Waals surface area contributed by atoms with Crippen molar-refractivity contribution in [3.63, 3.8) is 0 Å². The Bertz CT molecular complexity index is 307. The first-order valence-corrected chi connectivity index (χ1v) is 8.61. The lowest BCUT2D eigenvalue weighted by molar-refractivity contribution is -0.120. The molecule has 2 unspecified atom stereocenters. The molecular formula is C18H33NO. The van der Waals surface area contributed by atoms with E-state index >= 15 is 0 Å². The van der Waals surface area contributed by atoms with Gasteiger partial charge in [-0.05, 0) is 69.4 Å². The van der Waals surface area contributed by atoms with E-state index < -0.39 is 0 Å². The van der Waals surface area contributed by atoms with E-state index in [9.17, 15) is 0 Å². The Kier molecular flexibility index (Phi) is 6.10. The summed E-state index contributed by atoms with van der Waals surface area (Å²) in [5.41, 5.74) is 0.213. The molecule has 0 aromatic carbocycles. The summed E-state index contributed by atoms with van der Waals surface area (Å²) in [5.74, 6) is 2.26. The third-order valence-electron chi connectivity index (χ3n) is 5.10. The average Bonchev–Trinajstić information content (AvgIpc) is 2.37. The summed E-state index contributed by atoms with van der Waals surface area (Å²) in [6.07, 6.45) is 12.2. The van der Waals surface area contributed by atoms with E-state index in [0.29, 0.717) is 0 Å². The van der Waals surface area contributed by atoms with Crippen molar-refractivity contribution in [2.45, 2.75) is 64.9 Å². The molecule has 2 aliphatic rings. The van der Waals surface area contributed by atoms with Crippen LogP contribution < -0.4 is 5.32 Å². The van der Waals surface area contributed by atoms with E-state index in [1.165, 1.54) is 38.5 Å². The molecule has 1 N–H and O–H groups in total.